The molecule has 3 heteroatoms. The third-order valence-corrected chi connectivity index (χ3v) is 2.88. The molecule has 0 spiro atoms. The first-order valence-electron chi connectivity index (χ1n) is 5.53. The van der Waals surface area contributed by atoms with Crippen LogP contribution in [-0.2, 0) is 19.9 Å². The van der Waals surface area contributed by atoms with Crippen LogP contribution in [0.1, 0.15) is 24.5 Å². The van der Waals surface area contributed by atoms with E-state index in [1.54, 1.807) is 6.92 Å². The highest BCUT2D eigenvalue weighted by atomic mass is 16.6. The Morgan fingerprint density at radius 2 is 2.19 bits per heavy atom. The van der Waals surface area contributed by atoms with Crippen LogP contribution in [0.25, 0.3) is 0 Å². The standard InChI is InChI=1S/C13H16O3/c1-3-12(14)15-8-13(9-16-13)11-7-5-4-6-10(11)2/h4-7H,3,8-9H2,1-2H3. The molecule has 1 unspecified atom stereocenters. The second kappa shape index (κ2) is 4.26. The SMILES string of the molecule is CCC(=O)OCC1(c2ccccc2C)CO1. The molecule has 0 bridgehead atoms. The smallest absolute Gasteiger partial charge is 0.305 e. The lowest BCUT2D eigenvalue weighted by molar-refractivity contribution is -0.145. The van der Waals surface area contributed by atoms with Gasteiger partial charge in [-0.25, -0.2) is 0 Å². The van der Waals surface area contributed by atoms with Crippen molar-refractivity contribution < 1.29 is 14.3 Å². The summed E-state index contributed by atoms with van der Waals surface area (Å²) in [6.45, 7) is 4.79. The van der Waals surface area contributed by atoms with Crippen molar-refractivity contribution in [3.8, 4) is 0 Å². The molecule has 3 nitrogen and oxygen atoms in total. The number of esters is 1. The Balaban J connectivity index is 2.09. The maximum Gasteiger partial charge on any atom is 0.305 e. The zero-order valence-corrected chi connectivity index (χ0v) is 9.66. The molecule has 1 aromatic rings. The van der Waals surface area contributed by atoms with E-state index in [4.69, 9.17) is 9.47 Å². The van der Waals surface area contributed by atoms with Crippen LogP contribution in [-0.4, -0.2) is 19.2 Å². The molecule has 1 heterocycles. The Labute approximate surface area is 95.4 Å². The van der Waals surface area contributed by atoms with E-state index in [-0.39, 0.29) is 11.6 Å². The summed E-state index contributed by atoms with van der Waals surface area (Å²) in [6, 6.07) is 8.04. The van der Waals surface area contributed by atoms with Gasteiger partial charge in [0.2, 0.25) is 0 Å². The first-order valence-corrected chi connectivity index (χ1v) is 5.53. The second-order valence-corrected chi connectivity index (χ2v) is 4.11. The molecule has 0 radical (unpaired) electrons. The van der Waals surface area contributed by atoms with E-state index < -0.39 is 0 Å². The summed E-state index contributed by atoms with van der Waals surface area (Å²) >= 11 is 0. The highest BCUT2D eigenvalue weighted by Gasteiger charge is 2.48. The van der Waals surface area contributed by atoms with Crippen molar-refractivity contribution >= 4 is 5.97 Å². The Kier molecular flexibility index (Phi) is 2.97. The van der Waals surface area contributed by atoms with Crippen molar-refractivity contribution in [3.63, 3.8) is 0 Å². The molecule has 2 rings (SSSR count). The first kappa shape index (κ1) is 11.1. The van der Waals surface area contributed by atoms with Crippen LogP contribution in [0.3, 0.4) is 0 Å². The van der Waals surface area contributed by atoms with Gasteiger partial charge in [-0.3, -0.25) is 4.79 Å². The molecular weight excluding hydrogens is 204 g/mol. The molecule has 1 aromatic carbocycles. The van der Waals surface area contributed by atoms with Crippen LogP contribution < -0.4 is 0 Å². The molecule has 16 heavy (non-hydrogen) atoms. The van der Waals surface area contributed by atoms with E-state index in [2.05, 4.69) is 0 Å². The summed E-state index contributed by atoms with van der Waals surface area (Å²) in [6.07, 6.45) is 0.407. The Morgan fingerprint density at radius 3 is 2.75 bits per heavy atom. The van der Waals surface area contributed by atoms with Crippen LogP contribution >= 0.6 is 0 Å². The molecule has 0 N–H and O–H groups in total. The topological polar surface area (TPSA) is 38.8 Å². The second-order valence-electron chi connectivity index (χ2n) is 4.11. The van der Waals surface area contributed by atoms with Crippen molar-refractivity contribution in [1.82, 2.24) is 0 Å². The number of aryl methyl sites for hydroxylation is 1. The lowest BCUT2D eigenvalue weighted by Gasteiger charge is -2.14. The number of ether oxygens (including phenoxy) is 2. The fourth-order valence-corrected chi connectivity index (χ4v) is 1.79. The van der Waals surface area contributed by atoms with E-state index in [1.807, 2.05) is 31.2 Å². The van der Waals surface area contributed by atoms with Gasteiger partial charge in [-0.15, -0.1) is 0 Å². The number of hydrogen-bond donors (Lipinski definition) is 0. The predicted molar refractivity (Wildman–Crippen MR) is 60.1 cm³/mol. The van der Waals surface area contributed by atoms with Gasteiger partial charge >= 0.3 is 5.97 Å². The van der Waals surface area contributed by atoms with Gasteiger partial charge in [-0.1, -0.05) is 31.2 Å². The average molecular weight is 220 g/mol. The summed E-state index contributed by atoms with van der Waals surface area (Å²) in [5, 5.41) is 0. The van der Waals surface area contributed by atoms with Crippen LogP contribution in [0.15, 0.2) is 24.3 Å². The van der Waals surface area contributed by atoms with E-state index in [1.165, 1.54) is 5.56 Å². The summed E-state index contributed by atoms with van der Waals surface area (Å²) in [5.41, 5.74) is 1.92. The number of epoxide rings is 1. The van der Waals surface area contributed by atoms with E-state index in [0.717, 1.165) is 5.56 Å². The van der Waals surface area contributed by atoms with E-state index in [0.29, 0.717) is 19.6 Å². The fraction of sp³-hybridized carbons (Fsp3) is 0.462. The quantitative estimate of drug-likeness (QED) is 0.576. The first-order chi connectivity index (χ1) is 7.68. The van der Waals surface area contributed by atoms with Gasteiger partial charge in [-0.2, -0.15) is 0 Å². The summed E-state index contributed by atoms with van der Waals surface area (Å²) in [4.78, 5) is 11.1. The highest BCUT2D eigenvalue weighted by molar-refractivity contribution is 5.69. The molecule has 1 atom stereocenters. The molecule has 0 aromatic heterocycles. The minimum atomic E-state index is -0.379. The molecule has 0 aliphatic carbocycles. The van der Waals surface area contributed by atoms with Gasteiger partial charge in [0.05, 0.1) is 6.61 Å². The molecular formula is C13H16O3. The third kappa shape index (κ3) is 2.09. The Morgan fingerprint density at radius 1 is 1.50 bits per heavy atom. The molecule has 1 saturated heterocycles. The number of carbonyl (C=O) groups excluding carboxylic acids is 1. The van der Waals surface area contributed by atoms with Crippen molar-refractivity contribution in [2.24, 2.45) is 0 Å². The van der Waals surface area contributed by atoms with Crippen molar-refractivity contribution in [1.29, 1.82) is 0 Å². The molecule has 1 fully saturated rings. The molecule has 86 valence electrons. The summed E-state index contributed by atoms with van der Waals surface area (Å²) < 4.78 is 10.6. The van der Waals surface area contributed by atoms with Crippen molar-refractivity contribution in [2.45, 2.75) is 25.9 Å². The highest BCUT2D eigenvalue weighted by Crippen LogP contribution is 2.40. The zero-order chi connectivity index (χ0) is 11.6. The maximum atomic E-state index is 11.1. The monoisotopic (exact) mass is 220 g/mol. The van der Waals surface area contributed by atoms with Crippen LogP contribution in [0, 0.1) is 6.92 Å². The minimum absolute atomic E-state index is 0.177. The van der Waals surface area contributed by atoms with Crippen LogP contribution in [0.4, 0.5) is 0 Å². The van der Waals surface area contributed by atoms with Crippen molar-refractivity contribution in [2.75, 3.05) is 13.2 Å². The number of carbonyl (C=O) groups is 1. The van der Waals surface area contributed by atoms with Crippen LogP contribution in [0.5, 0.6) is 0 Å². The van der Waals surface area contributed by atoms with E-state index >= 15 is 0 Å². The number of hydrogen-bond acceptors (Lipinski definition) is 3. The molecule has 0 saturated carbocycles. The fourth-order valence-electron chi connectivity index (χ4n) is 1.79. The Bertz CT molecular complexity index is 394. The molecule has 1 aliphatic rings. The molecule has 1 aliphatic heterocycles. The van der Waals surface area contributed by atoms with Gasteiger partial charge < -0.3 is 9.47 Å². The van der Waals surface area contributed by atoms with Gasteiger partial charge in [-0.05, 0) is 18.1 Å². The Hall–Kier alpha value is -1.35. The van der Waals surface area contributed by atoms with E-state index in [9.17, 15) is 4.79 Å². The van der Waals surface area contributed by atoms with Crippen molar-refractivity contribution in [3.05, 3.63) is 35.4 Å². The summed E-state index contributed by atoms with van der Waals surface area (Å²) in [7, 11) is 0. The zero-order valence-electron chi connectivity index (χ0n) is 9.66. The lowest BCUT2D eigenvalue weighted by atomic mass is 9.96. The average Bonchev–Trinajstić information content (AvgIpc) is 3.07. The largest absolute Gasteiger partial charge is 0.462 e. The number of benzene rings is 1. The minimum Gasteiger partial charge on any atom is -0.462 e. The third-order valence-electron chi connectivity index (χ3n) is 2.88. The number of rotatable bonds is 4. The normalized spacial score (nSPS) is 22.9. The molecule has 0 amide bonds. The predicted octanol–water partition coefficient (Wildman–Crippen LogP) is 2.17. The lowest BCUT2D eigenvalue weighted by Crippen LogP contribution is -2.20. The maximum absolute atomic E-state index is 11.1. The van der Waals surface area contributed by atoms with Gasteiger partial charge in [0.15, 0.2) is 5.60 Å². The van der Waals surface area contributed by atoms with Crippen LogP contribution in [0.2, 0.25) is 0 Å². The van der Waals surface area contributed by atoms with Gasteiger partial charge in [0.1, 0.15) is 6.61 Å². The summed E-state index contributed by atoms with van der Waals surface area (Å²) in [5.74, 6) is -0.177. The van der Waals surface area contributed by atoms with Gasteiger partial charge in [0, 0.05) is 6.42 Å². The van der Waals surface area contributed by atoms with Gasteiger partial charge in [0.25, 0.3) is 0 Å².